The summed E-state index contributed by atoms with van der Waals surface area (Å²) in [5, 5.41) is 26.8. The fraction of sp³-hybridized carbons (Fsp3) is 0.222. The molecule has 0 saturated carbocycles. The van der Waals surface area contributed by atoms with Gasteiger partial charge in [0.1, 0.15) is 5.75 Å². The van der Waals surface area contributed by atoms with Crippen molar-refractivity contribution in [1.29, 1.82) is 0 Å². The Bertz CT molecular complexity index is 892. The van der Waals surface area contributed by atoms with Gasteiger partial charge in [-0.15, -0.1) is 0 Å². The minimum Gasteiger partial charge on any atom is -0.507 e. The molecule has 7 heteroatoms. The third-order valence-electron chi connectivity index (χ3n) is 4.16. The molecule has 0 aliphatic carbocycles. The minimum atomic E-state index is -0.468. The van der Waals surface area contributed by atoms with Crippen molar-refractivity contribution >= 4 is 17.3 Å². The van der Waals surface area contributed by atoms with Crippen LogP contribution in [0.2, 0.25) is 0 Å². The molecule has 25 heavy (non-hydrogen) atoms. The average Bonchev–Trinajstić information content (AvgIpc) is 3.02. The first kappa shape index (κ1) is 16.6. The van der Waals surface area contributed by atoms with Crippen molar-refractivity contribution in [3.05, 3.63) is 69.3 Å². The molecule has 128 valence electrons. The van der Waals surface area contributed by atoms with E-state index in [1.165, 1.54) is 24.1 Å². The number of amides is 1. The van der Waals surface area contributed by atoms with Gasteiger partial charge in [0.15, 0.2) is 0 Å². The molecule has 0 bridgehead atoms. The maximum Gasteiger partial charge on any atom is 0.269 e. The highest BCUT2D eigenvalue weighted by Gasteiger charge is 2.33. The molecule has 1 atom stereocenters. The van der Waals surface area contributed by atoms with Crippen LogP contribution in [0.5, 0.6) is 5.75 Å². The second kappa shape index (κ2) is 6.35. The molecule has 0 spiro atoms. The Balaban J connectivity index is 2.00. The number of nitro groups is 1. The van der Waals surface area contributed by atoms with E-state index in [4.69, 9.17) is 0 Å². The number of rotatable bonds is 3. The Morgan fingerprint density at radius 2 is 2.08 bits per heavy atom. The van der Waals surface area contributed by atoms with Gasteiger partial charge in [0, 0.05) is 31.0 Å². The van der Waals surface area contributed by atoms with Crippen LogP contribution in [0.4, 0.5) is 5.69 Å². The second-order valence-corrected chi connectivity index (χ2v) is 6.00. The van der Waals surface area contributed by atoms with E-state index in [0.717, 1.165) is 5.56 Å². The van der Waals surface area contributed by atoms with Crippen molar-refractivity contribution in [1.82, 2.24) is 5.01 Å². The van der Waals surface area contributed by atoms with Crippen molar-refractivity contribution in [2.45, 2.75) is 26.3 Å². The average molecular weight is 339 g/mol. The first-order chi connectivity index (χ1) is 11.9. The van der Waals surface area contributed by atoms with Gasteiger partial charge in [-0.2, -0.15) is 5.10 Å². The summed E-state index contributed by atoms with van der Waals surface area (Å²) in [5.74, 6) is -0.175. The zero-order valence-electron chi connectivity index (χ0n) is 13.8. The molecular weight excluding hydrogens is 322 g/mol. The van der Waals surface area contributed by atoms with Crippen LogP contribution in [0.15, 0.2) is 47.6 Å². The van der Waals surface area contributed by atoms with Gasteiger partial charge < -0.3 is 5.11 Å². The van der Waals surface area contributed by atoms with E-state index in [0.29, 0.717) is 23.3 Å². The van der Waals surface area contributed by atoms with Crippen molar-refractivity contribution in [3.8, 4) is 5.75 Å². The number of aromatic hydroxyl groups is 1. The van der Waals surface area contributed by atoms with Crippen LogP contribution in [0.3, 0.4) is 0 Å². The Labute approximate surface area is 144 Å². The number of phenolic OH excluding ortho intramolecular Hbond substituents is 1. The molecule has 1 unspecified atom stereocenters. The zero-order chi connectivity index (χ0) is 18.1. The van der Waals surface area contributed by atoms with Crippen molar-refractivity contribution < 1.29 is 14.8 Å². The van der Waals surface area contributed by atoms with Crippen molar-refractivity contribution in [3.63, 3.8) is 0 Å². The van der Waals surface area contributed by atoms with Gasteiger partial charge in [0.2, 0.25) is 5.91 Å². The summed E-state index contributed by atoms with van der Waals surface area (Å²) in [6.45, 7) is 3.30. The summed E-state index contributed by atoms with van der Waals surface area (Å²) < 4.78 is 0. The predicted octanol–water partition coefficient (Wildman–Crippen LogP) is 3.31. The molecule has 2 aromatic carbocycles. The van der Waals surface area contributed by atoms with Crippen LogP contribution < -0.4 is 0 Å². The summed E-state index contributed by atoms with van der Waals surface area (Å²) in [5.41, 5.74) is 2.71. The van der Waals surface area contributed by atoms with Gasteiger partial charge in [-0.1, -0.05) is 23.8 Å². The summed E-state index contributed by atoms with van der Waals surface area (Å²) in [4.78, 5) is 22.5. The van der Waals surface area contributed by atoms with Crippen LogP contribution in [0, 0.1) is 17.0 Å². The number of aryl methyl sites for hydroxylation is 1. The fourth-order valence-corrected chi connectivity index (χ4v) is 2.95. The normalized spacial score (nSPS) is 16.6. The van der Waals surface area contributed by atoms with E-state index in [1.807, 2.05) is 13.0 Å². The molecule has 0 aromatic heterocycles. The molecule has 1 heterocycles. The van der Waals surface area contributed by atoms with Gasteiger partial charge in [0.25, 0.3) is 5.69 Å². The lowest BCUT2D eigenvalue weighted by atomic mass is 9.97. The Morgan fingerprint density at radius 3 is 2.76 bits per heavy atom. The molecule has 0 fully saturated rings. The van der Waals surface area contributed by atoms with Crippen LogP contribution in [0.25, 0.3) is 0 Å². The van der Waals surface area contributed by atoms with E-state index in [2.05, 4.69) is 5.10 Å². The molecule has 1 amide bonds. The molecule has 3 rings (SSSR count). The number of hydrazone groups is 1. The van der Waals surface area contributed by atoms with Crippen LogP contribution in [-0.4, -0.2) is 26.7 Å². The quantitative estimate of drug-likeness (QED) is 0.685. The SMILES string of the molecule is CC(=O)N1N=C(c2cc(C)ccc2O)CC1c1cccc([N+](=O)[O-])c1. The summed E-state index contributed by atoms with van der Waals surface area (Å²) in [7, 11) is 0. The largest absolute Gasteiger partial charge is 0.507 e. The Morgan fingerprint density at radius 1 is 1.32 bits per heavy atom. The highest BCUT2D eigenvalue weighted by Crippen LogP contribution is 2.36. The highest BCUT2D eigenvalue weighted by atomic mass is 16.6. The third kappa shape index (κ3) is 3.21. The monoisotopic (exact) mass is 339 g/mol. The lowest BCUT2D eigenvalue weighted by molar-refractivity contribution is -0.384. The van der Waals surface area contributed by atoms with Gasteiger partial charge >= 0.3 is 0 Å². The molecule has 1 N–H and O–H groups in total. The lowest BCUT2D eigenvalue weighted by Crippen LogP contribution is -2.24. The summed E-state index contributed by atoms with van der Waals surface area (Å²) >= 11 is 0. The summed E-state index contributed by atoms with van der Waals surface area (Å²) in [6, 6.07) is 10.9. The number of hydrogen-bond acceptors (Lipinski definition) is 5. The Hall–Kier alpha value is -3.22. The summed E-state index contributed by atoms with van der Waals surface area (Å²) in [6.07, 6.45) is 0.373. The molecule has 0 radical (unpaired) electrons. The smallest absolute Gasteiger partial charge is 0.269 e. The van der Waals surface area contributed by atoms with Gasteiger partial charge in [0.05, 0.1) is 16.7 Å². The van der Waals surface area contributed by atoms with Crippen molar-refractivity contribution in [2.24, 2.45) is 5.10 Å². The van der Waals surface area contributed by atoms with Crippen LogP contribution >= 0.6 is 0 Å². The first-order valence-corrected chi connectivity index (χ1v) is 7.78. The second-order valence-electron chi connectivity index (χ2n) is 6.00. The molecule has 0 saturated heterocycles. The molecular formula is C18H17N3O4. The molecule has 2 aromatic rings. The number of phenols is 1. The van der Waals surface area contributed by atoms with E-state index in [-0.39, 0.29) is 17.3 Å². The lowest BCUT2D eigenvalue weighted by Gasteiger charge is -2.20. The maximum absolute atomic E-state index is 12.0. The molecule has 1 aliphatic rings. The Kier molecular flexibility index (Phi) is 4.22. The highest BCUT2D eigenvalue weighted by molar-refractivity contribution is 6.05. The van der Waals surface area contributed by atoms with Crippen LogP contribution in [-0.2, 0) is 4.79 Å². The molecule has 7 nitrogen and oxygen atoms in total. The fourth-order valence-electron chi connectivity index (χ4n) is 2.95. The minimum absolute atomic E-state index is 0.0344. The number of non-ortho nitro benzene ring substituents is 1. The topological polar surface area (TPSA) is 96.0 Å². The van der Waals surface area contributed by atoms with Gasteiger partial charge in [-0.05, 0) is 24.6 Å². The number of benzene rings is 2. The van der Waals surface area contributed by atoms with E-state index >= 15 is 0 Å². The number of carbonyl (C=O) groups excluding carboxylic acids is 1. The van der Waals surface area contributed by atoms with Gasteiger partial charge in [-0.3, -0.25) is 14.9 Å². The zero-order valence-corrected chi connectivity index (χ0v) is 13.8. The molecule has 1 aliphatic heterocycles. The van der Waals surface area contributed by atoms with E-state index in [9.17, 15) is 20.0 Å². The third-order valence-corrected chi connectivity index (χ3v) is 4.16. The number of hydrogen-bond donors (Lipinski definition) is 1. The first-order valence-electron chi connectivity index (χ1n) is 7.78. The van der Waals surface area contributed by atoms with Crippen molar-refractivity contribution in [2.75, 3.05) is 0 Å². The van der Waals surface area contributed by atoms with E-state index < -0.39 is 11.0 Å². The van der Waals surface area contributed by atoms with Gasteiger partial charge in [-0.25, -0.2) is 5.01 Å². The maximum atomic E-state index is 12.0. The van der Waals surface area contributed by atoms with Crippen LogP contribution in [0.1, 0.15) is 36.1 Å². The van der Waals surface area contributed by atoms with E-state index in [1.54, 1.807) is 24.3 Å². The number of carbonyl (C=O) groups is 1. The predicted molar refractivity (Wildman–Crippen MR) is 92.4 cm³/mol. The number of nitrogens with zero attached hydrogens (tertiary/aromatic N) is 3. The standard InChI is InChI=1S/C18H17N3O4/c1-11-6-7-18(23)15(8-11)16-10-17(20(19-16)12(2)22)13-4-3-5-14(9-13)21(24)25/h3-9,17,23H,10H2,1-2H3. The number of nitro benzene ring substituents is 1.